The molecule has 2 rings (SSSR count). The average Bonchev–Trinajstić information content (AvgIpc) is 2.74. The Morgan fingerprint density at radius 3 is 2.88 bits per heavy atom. The highest BCUT2D eigenvalue weighted by atomic mass is 16.5. The molecule has 1 amide bonds. The van der Waals surface area contributed by atoms with E-state index in [-0.39, 0.29) is 18.6 Å². The highest BCUT2D eigenvalue weighted by Gasteiger charge is 2.34. The summed E-state index contributed by atoms with van der Waals surface area (Å²) in [6.07, 6.45) is 5.05. The third-order valence-corrected chi connectivity index (χ3v) is 3.97. The second-order valence-electron chi connectivity index (χ2n) is 5.18. The Balaban J connectivity index is 1.71. The van der Waals surface area contributed by atoms with Gasteiger partial charge in [-0.05, 0) is 38.5 Å². The quantitative estimate of drug-likeness (QED) is 0.786. The Bertz CT molecular complexity index is 263. The van der Waals surface area contributed by atoms with Gasteiger partial charge in [-0.2, -0.15) is 0 Å². The molecular formula is C13H23NO3. The van der Waals surface area contributed by atoms with E-state index in [4.69, 9.17) is 4.74 Å². The number of carbonyl (C=O) groups is 1. The normalized spacial score (nSPS) is 32.6. The average molecular weight is 241 g/mol. The topological polar surface area (TPSA) is 49.8 Å². The Morgan fingerprint density at radius 2 is 2.24 bits per heavy atom. The van der Waals surface area contributed by atoms with Crippen LogP contribution in [0.25, 0.3) is 0 Å². The van der Waals surface area contributed by atoms with Crippen molar-refractivity contribution in [2.24, 2.45) is 5.92 Å². The zero-order chi connectivity index (χ0) is 12.3. The molecule has 2 fully saturated rings. The van der Waals surface area contributed by atoms with E-state index in [1.165, 1.54) is 0 Å². The number of ether oxygens (including phenoxy) is 1. The maximum absolute atomic E-state index is 12.1. The number of nitrogens with zero attached hydrogens (tertiary/aromatic N) is 1. The van der Waals surface area contributed by atoms with Crippen LogP contribution in [-0.2, 0) is 9.53 Å². The summed E-state index contributed by atoms with van der Waals surface area (Å²) in [6.45, 7) is 3.71. The molecule has 1 saturated heterocycles. The smallest absolute Gasteiger partial charge is 0.223 e. The van der Waals surface area contributed by atoms with Gasteiger partial charge in [0.1, 0.15) is 0 Å². The van der Waals surface area contributed by atoms with E-state index in [1.807, 2.05) is 11.8 Å². The number of amides is 1. The standard InChI is InChI=1S/C13H23NO3/c1-2-17-12-6-10(7-12)8-13(16)14-5-3-4-11(14)9-15/h10-12,15H,2-9H2,1H3/t10?,11-,12?/m1/s1. The van der Waals surface area contributed by atoms with Crippen molar-refractivity contribution in [3.63, 3.8) is 0 Å². The van der Waals surface area contributed by atoms with Gasteiger partial charge in [0.15, 0.2) is 0 Å². The van der Waals surface area contributed by atoms with Crippen LogP contribution in [0.4, 0.5) is 0 Å². The first-order valence-electron chi connectivity index (χ1n) is 6.76. The minimum atomic E-state index is 0.0743. The van der Waals surface area contributed by atoms with Gasteiger partial charge in [-0.3, -0.25) is 4.79 Å². The number of hydrogen-bond acceptors (Lipinski definition) is 3. The lowest BCUT2D eigenvalue weighted by Gasteiger charge is -2.36. The second kappa shape index (κ2) is 5.83. The molecule has 2 aliphatic rings. The molecule has 1 heterocycles. The largest absolute Gasteiger partial charge is 0.394 e. The fraction of sp³-hybridized carbons (Fsp3) is 0.923. The van der Waals surface area contributed by atoms with Crippen LogP contribution in [-0.4, -0.2) is 47.8 Å². The fourth-order valence-electron chi connectivity index (χ4n) is 2.93. The van der Waals surface area contributed by atoms with Gasteiger partial charge in [-0.1, -0.05) is 0 Å². The van der Waals surface area contributed by atoms with Crippen molar-refractivity contribution in [3.05, 3.63) is 0 Å². The van der Waals surface area contributed by atoms with E-state index in [0.717, 1.165) is 38.8 Å². The Labute approximate surface area is 103 Å². The molecule has 0 spiro atoms. The van der Waals surface area contributed by atoms with E-state index >= 15 is 0 Å². The molecule has 4 heteroatoms. The first-order valence-corrected chi connectivity index (χ1v) is 6.76. The predicted octanol–water partition coefficient (Wildman–Crippen LogP) is 1.17. The van der Waals surface area contributed by atoms with Gasteiger partial charge < -0.3 is 14.7 Å². The summed E-state index contributed by atoms with van der Waals surface area (Å²) in [4.78, 5) is 13.9. The first kappa shape index (κ1) is 12.8. The molecule has 4 nitrogen and oxygen atoms in total. The van der Waals surface area contributed by atoms with Crippen molar-refractivity contribution in [1.82, 2.24) is 4.90 Å². The molecule has 0 aromatic rings. The molecule has 1 atom stereocenters. The molecule has 98 valence electrons. The first-order chi connectivity index (χ1) is 8.24. The monoisotopic (exact) mass is 241 g/mol. The molecule has 0 radical (unpaired) electrons. The van der Waals surface area contributed by atoms with E-state index in [0.29, 0.717) is 18.4 Å². The summed E-state index contributed by atoms with van der Waals surface area (Å²) in [5.74, 6) is 0.723. The lowest BCUT2D eigenvalue weighted by Crippen LogP contribution is -2.41. The summed E-state index contributed by atoms with van der Waals surface area (Å²) < 4.78 is 5.49. The van der Waals surface area contributed by atoms with Crippen LogP contribution in [0.15, 0.2) is 0 Å². The van der Waals surface area contributed by atoms with Gasteiger partial charge >= 0.3 is 0 Å². The third-order valence-electron chi connectivity index (χ3n) is 3.97. The molecule has 1 N–H and O–H groups in total. The van der Waals surface area contributed by atoms with Crippen molar-refractivity contribution in [1.29, 1.82) is 0 Å². The minimum absolute atomic E-state index is 0.0743. The molecule has 1 aliphatic heterocycles. The lowest BCUT2D eigenvalue weighted by molar-refractivity contribution is -0.136. The van der Waals surface area contributed by atoms with Gasteiger partial charge in [-0.15, -0.1) is 0 Å². The van der Waals surface area contributed by atoms with E-state index in [2.05, 4.69) is 0 Å². The van der Waals surface area contributed by atoms with Crippen LogP contribution in [0.1, 0.15) is 39.0 Å². The van der Waals surface area contributed by atoms with Crippen LogP contribution in [0, 0.1) is 5.92 Å². The summed E-state index contributed by atoms with van der Waals surface area (Å²) in [6, 6.07) is 0.0743. The zero-order valence-electron chi connectivity index (χ0n) is 10.6. The van der Waals surface area contributed by atoms with Gasteiger partial charge in [0, 0.05) is 19.6 Å². The molecule has 1 aliphatic carbocycles. The fourth-order valence-corrected chi connectivity index (χ4v) is 2.93. The number of hydrogen-bond donors (Lipinski definition) is 1. The minimum Gasteiger partial charge on any atom is -0.394 e. The number of rotatable bonds is 5. The molecule has 1 saturated carbocycles. The molecule has 17 heavy (non-hydrogen) atoms. The van der Waals surface area contributed by atoms with Crippen molar-refractivity contribution in [3.8, 4) is 0 Å². The SMILES string of the molecule is CCOC1CC(CC(=O)N2CCC[C@@H]2CO)C1. The van der Waals surface area contributed by atoms with E-state index in [1.54, 1.807) is 0 Å². The van der Waals surface area contributed by atoms with Crippen molar-refractivity contribution >= 4 is 5.91 Å². The van der Waals surface area contributed by atoms with Crippen LogP contribution in [0.3, 0.4) is 0 Å². The number of aliphatic hydroxyl groups excluding tert-OH is 1. The maximum atomic E-state index is 12.1. The predicted molar refractivity (Wildman–Crippen MR) is 64.6 cm³/mol. The summed E-state index contributed by atoms with van der Waals surface area (Å²) in [7, 11) is 0. The number of aliphatic hydroxyl groups is 1. The number of likely N-dealkylation sites (tertiary alicyclic amines) is 1. The van der Waals surface area contributed by atoms with Gasteiger partial charge in [0.2, 0.25) is 5.91 Å². The summed E-state index contributed by atoms with van der Waals surface area (Å²) in [5, 5.41) is 9.19. The van der Waals surface area contributed by atoms with Crippen LogP contribution in [0.5, 0.6) is 0 Å². The summed E-state index contributed by atoms with van der Waals surface area (Å²) in [5.41, 5.74) is 0. The van der Waals surface area contributed by atoms with Crippen LogP contribution >= 0.6 is 0 Å². The molecule has 0 bridgehead atoms. The zero-order valence-corrected chi connectivity index (χ0v) is 10.6. The van der Waals surface area contributed by atoms with Gasteiger partial charge in [0.25, 0.3) is 0 Å². The van der Waals surface area contributed by atoms with E-state index < -0.39 is 0 Å². The van der Waals surface area contributed by atoms with E-state index in [9.17, 15) is 9.90 Å². The number of carbonyl (C=O) groups excluding carboxylic acids is 1. The van der Waals surface area contributed by atoms with Crippen molar-refractivity contribution in [2.75, 3.05) is 19.8 Å². The maximum Gasteiger partial charge on any atom is 0.223 e. The summed E-state index contributed by atoms with van der Waals surface area (Å²) >= 11 is 0. The molecule has 0 aromatic carbocycles. The third kappa shape index (κ3) is 2.99. The lowest BCUT2D eigenvalue weighted by atomic mass is 9.79. The second-order valence-corrected chi connectivity index (χ2v) is 5.18. The highest BCUT2D eigenvalue weighted by molar-refractivity contribution is 5.77. The Hall–Kier alpha value is -0.610. The Morgan fingerprint density at radius 1 is 1.47 bits per heavy atom. The molecule has 0 unspecified atom stereocenters. The van der Waals surface area contributed by atoms with Crippen molar-refractivity contribution < 1.29 is 14.6 Å². The van der Waals surface area contributed by atoms with Crippen LogP contribution in [0.2, 0.25) is 0 Å². The molecule has 0 aromatic heterocycles. The van der Waals surface area contributed by atoms with Gasteiger partial charge in [0.05, 0.1) is 18.8 Å². The van der Waals surface area contributed by atoms with Crippen molar-refractivity contribution in [2.45, 2.75) is 51.2 Å². The van der Waals surface area contributed by atoms with Crippen LogP contribution < -0.4 is 0 Å². The Kier molecular flexibility index (Phi) is 4.40. The van der Waals surface area contributed by atoms with Gasteiger partial charge in [-0.25, -0.2) is 0 Å². The highest BCUT2D eigenvalue weighted by Crippen LogP contribution is 2.33. The molecular weight excluding hydrogens is 218 g/mol.